The van der Waals surface area contributed by atoms with E-state index in [1.165, 1.54) is 18.5 Å². The molecule has 0 unspecified atom stereocenters. The normalized spacial score (nSPS) is 9.94. The molecule has 6 heteroatoms. The minimum Gasteiger partial charge on any atom is -0.478 e. The highest BCUT2D eigenvalue weighted by atomic mass is 35.5. The minimum atomic E-state index is -1.07. The van der Waals surface area contributed by atoms with E-state index in [9.17, 15) is 4.79 Å². The van der Waals surface area contributed by atoms with Crippen LogP contribution in [0.2, 0.25) is 5.02 Å². The summed E-state index contributed by atoms with van der Waals surface area (Å²) in [5.74, 6) is -1.07. The predicted molar refractivity (Wildman–Crippen MR) is 63.7 cm³/mol. The fourth-order valence-corrected chi connectivity index (χ4v) is 1.50. The molecule has 2 rings (SSSR count). The number of nitrogens with zero attached hydrogens (tertiary/aromatic N) is 2. The summed E-state index contributed by atoms with van der Waals surface area (Å²) in [6.45, 7) is 0. The molecular formula is C11H8ClN3O2. The summed E-state index contributed by atoms with van der Waals surface area (Å²) in [5, 5.41) is 12.1. The molecule has 0 atom stereocenters. The topological polar surface area (TPSA) is 75.1 Å². The number of aromatic nitrogens is 2. The van der Waals surface area contributed by atoms with Gasteiger partial charge in [-0.05, 0) is 18.2 Å². The van der Waals surface area contributed by atoms with Crippen LogP contribution >= 0.6 is 11.6 Å². The molecule has 0 spiro atoms. The van der Waals surface area contributed by atoms with Gasteiger partial charge in [0.2, 0.25) is 0 Å². The average Bonchev–Trinajstić information content (AvgIpc) is 2.32. The Labute approximate surface area is 102 Å². The predicted octanol–water partition coefficient (Wildman–Crippen LogP) is 2.57. The summed E-state index contributed by atoms with van der Waals surface area (Å²) in [6, 6.07) is 4.66. The number of carbonyl (C=O) groups is 1. The van der Waals surface area contributed by atoms with E-state index in [1.807, 2.05) is 0 Å². The number of rotatable bonds is 3. The number of hydrogen-bond acceptors (Lipinski definition) is 4. The highest BCUT2D eigenvalue weighted by Gasteiger charge is 2.09. The third-order valence-corrected chi connectivity index (χ3v) is 2.38. The first-order chi connectivity index (χ1) is 8.16. The maximum atomic E-state index is 10.9. The van der Waals surface area contributed by atoms with E-state index >= 15 is 0 Å². The van der Waals surface area contributed by atoms with Crippen LogP contribution in [0.4, 0.5) is 11.4 Å². The number of benzene rings is 1. The summed E-state index contributed by atoms with van der Waals surface area (Å²) in [6.07, 6.45) is 4.58. The van der Waals surface area contributed by atoms with Crippen molar-refractivity contribution in [2.75, 3.05) is 5.32 Å². The van der Waals surface area contributed by atoms with Crippen molar-refractivity contribution in [3.8, 4) is 0 Å². The van der Waals surface area contributed by atoms with Gasteiger partial charge in [0.1, 0.15) is 6.33 Å². The molecule has 17 heavy (non-hydrogen) atoms. The lowest BCUT2D eigenvalue weighted by molar-refractivity contribution is 0.0697. The smallest absolute Gasteiger partial charge is 0.337 e. The van der Waals surface area contributed by atoms with Crippen LogP contribution in [0.15, 0.2) is 36.9 Å². The molecule has 0 radical (unpaired) electrons. The molecular weight excluding hydrogens is 242 g/mol. The lowest BCUT2D eigenvalue weighted by Crippen LogP contribution is -1.99. The van der Waals surface area contributed by atoms with Gasteiger partial charge in [-0.15, -0.1) is 0 Å². The number of aromatic carboxylic acids is 1. The number of hydrogen-bond donors (Lipinski definition) is 2. The van der Waals surface area contributed by atoms with Crippen LogP contribution in [0.1, 0.15) is 10.4 Å². The highest BCUT2D eigenvalue weighted by molar-refractivity contribution is 6.33. The summed E-state index contributed by atoms with van der Waals surface area (Å²) in [5.41, 5.74) is 1.33. The third-order valence-electron chi connectivity index (χ3n) is 2.05. The van der Waals surface area contributed by atoms with E-state index in [-0.39, 0.29) is 10.6 Å². The van der Waals surface area contributed by atoms with E-state index in [0.29, 0.717) is 11.4 Å². The fraction of sp³-hybridized carbons (Fsp3) is 0. The molecule has 0 bridgehead atoms. The molecule has 0 saturated carbocycles. The van der Waals surface area contributed by atoms with Crippen LogP contribution in [-0.2, 0) is 0 Å². The number of carboxylic acids is 1. The molecule has 5 nitrogen and oxygen atoms in total. The van der Waals surface area contributed by atoms with Gasteiger partial charge < -0.3 is 10.4 Å². The van der Waals surface area contributed by atoms with Gasteiger partial charge in [-0.3, -0.25) is 0 Å². The van der Waals surface area contributed by atoms with Gasteiger partial charge in [0.05, 0.1) is 28.7 Å². The van der Waals surface area contributed by atoms with Crippen molar-refractivity contribution in [3.63, 3.8) is 0 Å². The van der Waals surface area contributed by atoms with E-state index in [2.05, 4.69) is 15.3 Å². The zero-order valence-corrected chi connectivity index (χ0v) is 9.35. The minimum absolute atomic E-state index is 0.0496. The Bertz CT molecular complexity index is 546. The summed E-state index contributed by atoms with van der Waals surface area (Å²) >= 11 is 5.76. The Balaban J connectivity index is 2.29. The standard InChI is InChI=1S/C11H8ClN3O2/c12-10-2-1-7(3-9(10)11(16)17)15-8-4-13-6-14-5-8/h1-6,15H,(H,16,17). The highest BCUT2D eigenvalue weighted by Crippen LogP contribution is 2.22. The second kappa shape index (κ2) is 4.80. The van der Waals surface area contributed by atoms with Gasteiger partial charge in [0.15, 0.2) is 0 Å². The number of carboxylic acid groups (broad SMARTS) is 1. The van der Waals surface area contributed by atoms with E-state index in [4.69, 9.17) is 16.7 Å². The Kier molecular flexibility index (Phi) is 3.20. The van der Waals surface area contributed by atoms with Gasteiger partial charge in [-0.1, -0.05) is 11.6 Å². The van der Waals surface area contributed by atoms with Crippen molar-refractivity contribution < 1.29 is 9.90 Å². The van der Waals surface area contributed by atoms with Crippen molar-refractivity contribution >= 4 is 28.9 Å². The first-order valence-corrected chi connectivity index (χ1v) is 5.09. The van der Waals surface area contributed by atoms with Gasteiger partial charge in [0, 0.05) is 5.69 Å². The molecule has 0 amide bonds. The molecule has 0 aliphatic carbocycles. The Morgan fingerprint density at radius 1 is 1.24 bits per heavy atom. The molecule has 2 N–H and O–H groups in total. The van der Waals surface area contributed by atoms with Gasteiger partial charge in [0.25, 0.3) is 0 Å². The van der Waals surface area contributed by atoms with Crippen LogP contribution in [-0.4, -0.2) is 21.0 Å². The largest absolute Gasteiger partial charge is 0.478 e. The van der Waals surface area contributed by atoms with Crippen LogP contribution in [0, 0.1) is 0 Å². The number of anilines is 2. The molecule has 0 aliphatic heterocycles. The van der Waals surface area contributed by atoms with E-state index in [0.717, 1.165) is 0 Å². The fourth-order valence-electron chi connectivity index (χ4n) is 1.30. The first kappa shape index (κ1) is 11.3. The molecule has 0 saturated heterocycles. The lowest BCUT2D eigenvalue weighted by atomic mass is 10.2. The maximum Gasteiger partial charge on any atom is 0.337 e. The van der Waals surface area contributed by atoms with Gasteiger partial charge >= 0.3 is 5.97 Å². The Hall–Kier alpha value is -2.14. The molecule has 1 heterocycles. The summed E-state index contributed by atoms with van der Waals surface area (Å²) in [7, 11) is 0. The van der Waals surface area contributed by atoms with Crippen molar-refractivity contribution in [3.05, 3.63) is 47.5 Å². The monoisotopic (exact) mass is 249 g/mol. The third kappa shape index (κ3) is 2.70. The van der Waals surface area contributed by atoms with Crippen molar-refractivity contribution in [2.24, 2.45) is 0 Å². The molecule has 0 aliphatic rings. The Morgan fingerprint density at radius 2 is 1.94 bits per heavy atom. The molecule has 86 valence electrons. The molecule has 1 aromatic heterocycles. The molecule has 2 aromatic rings. The second-order valence-electron chi connectivity index (χ2n) is 3.25. The SMILES string of the molecule is O=C(O)c1cc(Nc2cncnc2)ccc1Cl. The van der Waals surface area contributed by atoms with Crippen LogP contribution in [0.3, 0.4) is 0 Å². The van der Waals surface area contributed by atoms with Crippen molar-refractivity contribution in [1.29, 1.82) is 0 Å². The Morgan fingerprint density at radius 3 is 2.59 bits per heavy atom. The second-order valence-corrected chi connectivity index (χ2v) is 3.66. The van der Waals surface area contributed by atoms with E-state index in [1.54, 1.807) is 18.5 Å². The molecule has 1 aromatic carbocycles. The zero-order chi connectivity index (χ0) is 12.3. The average molecular weight is 250 g/mol. The quantitative estimate of drug-likeness (QED) is 0.874. The first-order valence-electron chi connectivity index (χ1n) is 4.71. The maximum absolute atomic E-state index is 10.9. The zero-order valence-electron chi connectivity index (χ0n) is 8.59. The number of halogens is 1. The van der Waals surface area contributed by atoms with Gasteiger partial charge in [-0.25, -0.2) is 14.8 Å². The van der Waals surface area contributed by atoms with Crippen LogP contribution in [0.5, 0.6) is 0 Å². The van der Waals surface area contributed by atoms with Gasteiger partial charge in [-0.2, -0.15) is 0 Å². The van der Waals surface area contributed by atoms with E-state index < -0.39 is 5.97 Å². The summed E-state index contributed by atoms with van der Waals surface area (Å²) in [4.78, 5) is 18.6. The molecule has 0 fully saturated rings. The van der Waals surface area contributed by atoms with Crippen molar-refractivity contribution in [2.45, 2.75) is 0 Å². The van der Waals surface area contributed by atoms with Crippen LogP contribution < -0.4 is 5.32 Å². The van der Waals surface area contributed by atoms with Crippen molar-refractivity contribution in [1.82, 2.24) is 9.97 Å². The lowest BCUT2D eigenvalue weighted by Gasteiger charge is -2.07. The summed E-state index contributed by atoms with van der Waals surface area (Å²) < 4.78 is 0. The van der Waals surface area contributed by atoms with Crippen LogP contribution in [0.25, 0.3) is 0 Å². The number of nitrogens with one attached hydrogen (secondary N) is 1.